The molecule has 0 spiro atoms. The van der Waals surface area contributed by atoms with Gasteiger partial charge in [0.1, 0.15) is 11.5 Å². The van der Waals surface area contributed by atoms with Crippen LogP contribution in [0.3, 0.4) is 0 Å². The molecule has 0 amide bonds. The lowest BCUT2D eigenvalue weighted by Gasteiger charge is -2.20. The van der Waals surface area contributed by atoms with Crippen molar-refractivity contribution in [3.63, 3.8) is 0 Å². The minimum atomic E-state index is 0.105. The Hall–Kier alpha value is -3.37. The highest BCUT2D eigenvalue weighted by molar-refractivity contribution is 8.01. The number of benzene rings is 4. The van der Waals surface area contributed by atoms with E-state index < -0.39 is 0 Å². The fourth-order valence-corrected chi connectivity index (χ4v) is 4.59. The topological polar surface area (TPSA) is 30.5 Å². The Bertz CT molecular complexity index is 1090. The first-order valence-electron chi connectivity index (χ1n) is 10.5. The Labute approximate surface area is 194 Å². The van der Waals surface area contributed by atoms with E-state index in [1.54, 1.807) is 26.2 Å². The van der Waals surface area contributed by atoms with E-state index in [9.17, 15) is 0 Å². The van der Waals surface area contributed by atoms with Gasteiger partial charge in [0.05, 0.1) is 19.5 Å². The van der Waals surface area contributed by atoms with Gasteiger partial charge in [-0.15, -0.1) is 0 Å². The number of anilines is 1. The summed E-state index contributed by atoms with van der Waals surface area (Å²) in [7, 11) is 3.38. The van der Waals surface area contributed by atoms with E-state index in [0.29, 0.717) is 0 Å². The van der Waals surface area contributed by atoms with Crippen LogP contribution in [0.15, 0.2) is 97.1 Å². The summed E-state index contributed by atoms with van der Waals surface area (Å²) in [6.45, 7) is 2.15. The van der Waals surface area contributed by atoms with Gasteiger partial charge in [-0.2, -0.15) is 0 Å². The molecule has 32 heavy (non-hydrogen) atoms. The highest BCUT2D eigenvalue weighted by atomic mass is 32.2. The molecule has 0 bridgehead atoms. The summed E-state index contributed by atoms with van der Waals surface area (Å²) in [5.41, 5.74) is 7.19. The second-order valence-electron chi connectivity index (χ2n) is 7.54. The molecule has 4 aromatic carbocycles. The van der Waals surface area contributed by atoms with Gasteiger partial charge in [-0.25, -0.2) is 0 Å². The SMILES string of the molecule is COc1ccc(C(SNc2ccc(C)c(-c3ccccc3)c2)c2ccc(OC)cc2)cc1. The normalized spacial score (nSPS) is 10.8. The molecule has 3 nitrogen and oxygen atoms in total. The average Bonchev–Trinajstić information content (AvgIpc) is 2.86. The van der Waals surface area contributed by atoms with Gasteiger partial charge in [0.15, 0.2) is 0 Å². The number of nitrogens with one attached hydrogen (secondary N) is 1. The van der Waals surface area contributed by atoms with E-state index in [-0.39, 0.29) is 5.25 Å². The van der Waals surface area contributed by atoms with Crippen LogP contribution in [0, 0.1) is 6.92 Å². The smallest absolute Gasteiger partial charge is 0.118 e. The summed E-state index contributed by atoms with van der Waals surface area (Å²) < 4.78 is 14.3. The summed E-state index contributed by atoms with van der Waals surface area (Å²) in [4.78, 5) is 0. The van der Waals surface area contributed by atoms with Crippen LogP contribution in [-0.4, -0.2) is 14.2 Å². The molecule has 0 aliphatic rings. The third-order valence-electron chi connectivity index (χ3n) is 5.45. The highest BCUT2D eigenvalue weighted by Crippen LogP contribution is 2.38. The van der Waals surface area contributed by atoms with Crippen LogP contribution in [0.25, 0.3) is 11.1 Å². The molecule has 0 fully saturated rings. The zero-order chi connectivity index (χ0) is 22.3. The third-order valence-corrected chi connectivity index (χ3v) is 6.59. The van der Waals surface area contributed by atoms with E-state index in [0.717, 1.165) is 17.2 Å². The third kappa shape index (κ3) is 5.09. The fourth-order valence-electron chi connectivity index (χ4n) is 3.63. The summed E-state index contributed by atoms with van der Waals surface area (Å²) in [5.74, 6) is 1.71. The maximum Gasteiger partial charge on any atom is 0.118 e. The van der Waals surface area contributed by atoms with Gasteiger partial charge in [0.25, 0.3) is 0 Å². The maximum absolute atomic E-state index is 5.34. The molecule has 4 aromatic rings. The second kappa shape index (κ2) is 10.3. The standard InChI is InChI=1S/C28H27NO2S/c1-20-9-14-24(19-27(20)21-7-5-4-6-8-21)29-32-28(22-10-15-25(30-2)16-11-22)23-12-17-26(31-3)18-13-23/h4-19,28-29H,1-3H3. The van der Waals surface area contributed by atoms with E-state index in [1.807, 2.05) is 30.3 Å². The number of ether oxygens (including phenoxy) is 2. The van der Waals surface area contributed by atoms with Crippen molar-refractivity contribution in [2.45, 2.75) is 12.2 Å². The van der Waals surface area contributed by atoms with E-state index in [1.165, 1.54) is 27.8 Å². The van der Waals surface area contributed by atoms with Crippen LogP contribution in [0.4, 0.5) is 5.69 Å². The van der Waals surface area contributed by atoms with Crippen molar-refractivity contribution in [2.24, 2.45) is 0 Å². The van der Waals surface area contributed by atoms with Gasteiger partial charge in [-0.3, -0.25) is 0 Å². The monoisotopic (exact) mass is 441 g/mol. The molecule has 1 N–H and O–H groups in total. The predicted octanol–water partition coefficient (Wildman–Crippen LogP) is 7.53. The summed E-state index contributed by atoms with van der Waals surface area (Å²) in [5, 5.41) is 0.105. The van der Waals surface area contributed by atoms with E-state index >= 15 is 0 Å². The number of rotatable bonds is 8. The molecule has 0 saturated carbocycles. The average molecular weight is 442 g/mol. The van der Waals surface area contributed by atoms with Gasteiger partial charge in [-0.1, -0.05) is 60.7 Å². The van der Waals surface area contributed by atoms with Gasteiger partial charge in [-0.05, 0) is 83.1 Å². The van der Waals surface area contributed by atoms with Crippen molar-refractivity contribution in [3.8, 4) is 22.6 Å². The first-order chi connectivity index (χ1) is 15.7. The van der Waals surface area contributed by atoms with Gasteiger partial charge >= 0.3 is 0 Å². The molecule has 0 heterocycles. The van der Waals surface area contributed by atoms with Crippen LogP contribution >= 0.6 is 11.9 Å². The van der Waals surface area contributed by atoms with Gasteiger partial charge in [0.2, 0.25) is 0 Å². The highest BCUT2D eigenvalue weighted by Gasteiger charge is 2.16. The lowest BCUT2D eigenvalue weighted by molar-refractivity contribution is 0.414. The van der Waals surface area contributed by atoms with Crippen LogP contribution in [0.1, 0.15) is 21.9 Å². The molecular formula is C28H27NO2S. The fraction of sp³-hybridized carbons (Fsp3) is 0.143. The molecule has 0 radical (unpaired) electrons. The van der Waals surface area contributed by atoms with E-state index in [4.69, 9.17) is 9.47 Å². The first-order valence-corrected chi connectivity index (χ1v) is 11.4. The summed E-state index contributed by atoms with van der Waals surface area (Å²) in [6, 6.07) is 33.5. The lowest BCUT2D eigenvalue weighted by atomic mass is 10.0. The Balaban J connectivity index is 1.61. The minimum absolute atomic E-state index is 0.105. The Morgan fingerprint density at radius 3 is 1.78 bits per heavy atom. The maximum atomic E-state index is 5.34. The first kappa shape index (κ1) is 21.8. The van der Waals surface area contributed by atoms with Crippen molar-refractivity contribution in [1.29, 1.82) is 0 Å². The molecule has 0 aliphatic carbocycles. The Kier molecular flexibility index (Phi) is 7.03. The zero-order valence-corrected chi connectivity index (χ0v) is 19.4. The quantitative estimate of drug-likeness (QED) is 0.286. The van der Waals surface area contributed by atoms with Crippen LogP contribution < -0.4 is 14.2 Å². The molecule has 162 valence electrons. The summed E-state index contributed by atoms with van der Waals surface area (Å²) >= 11 is 1.69. The molecule has 4 heteroatoms. The Morgan fingerprint density at radius 2 is 1.25 bits per heavy atom. The van der Waals surface area contributed by atoms with Gasteiger partial charge in [0, 0.05) is 5.69 Å². The molecular weight excluding hydrogens is 414 g/mol. The molecule has 0 unspecified atom stereocenters. The number of aryl methyl sites for hydroxylation is 1. The molecule has 0 atom stereocenters. The molecule has 0 aromatic heterocycles. The van der Waals surface area contributed by atoms with Crippen LogP contribution in [0.2, 0.25) is 0 Å². The Morgan fingerprint density at radius 1 is 0.688 bits per heavy atom. The molecule has 4 rings (SSSR count). The van der Waals surface area contributed by atoms with Crippen molar-refractivity contribution in [3.05, 3.63) is 114 Å². The second-order valence-corrected chi connectivity index (χ2v) is 8.45. The number of hydrogen-bond acceptors (Lipinski definition) is 4. The minimum Gasteiger partial charge on any atom is -0.497 e. The number of hydrogen-bond donors (Lipinski definition) is 1. The van der Waals surface area contributed by atoms with Crippen molar-refractivity contribution < 1.29 is 9.47 Å². The zero-order valence-electron chi connectivity index (χ0n) is 18.5. The van der Waals surface area contributed by atoms with Crippen molar-refractivity contribution in [1.82, 2.24) is 0 Å². The van der Waals surface area contributed by atoms with Crippen LogP contribution in [0.5, 0.6) is 11.5 Å². The predicted molar refractivity (Wildman–Crippen MR) is 136 cm³/mol. The van der Waals surface area contributed by atoms with Crippen molar-refractivity contribution >= 4 is 17.6 Å². The molecule has 0 aliphatic heterocycles. The largest absolute Gasteiger partial charge is 0.497 e. The summed E-state index contributed by atoms with van der Waals surface area (Å²) in [6.07, 6.45) is 0. The van der Waals surface area contributed by atoms with E-state index in [2.05, 4.69) is 78.4 Å². The van der Waals surface area contributed by atoms with Gasteiger partial charge < -0.3 is 14.2 Å². The molecule has 0 saturated heterocycles. The van der Waals surface area contributed by atoms with Crippen LogP contribution in [-0.2, 0) is 0 Å². The lowest BCUT2D eigenvalue weighted by Crippen LogP contribution is -2.01. The number of methoxy groups -OCH3 is 2. The van der Waals surface area contributed by atoms with Crippen molar-refractivity contribution in [2.75, 3.05) is 18.9 Å².